The Labute approximate surface area is 208 Å². The average Bonchev–Trinajstić information content (AvgIpc) is 3.15. The van der Waals surface area contributed by atoms with Crippen molar-refractivity contribution in [1.29, 1.82) is 0 Å². The first-order valence-corrected chi connectivity index (χ1v) is 15.1. The second kappa shape index (κ2) is 9.70. The van der Waals surface area contributed by atoms with E-state index in [2.05, 4.69) is 10.9 Å². The number of aromatic nitrogens is 1. The number of hydrogen-bond donors (Lipinski definition) is 0. The molecule has 4 rings (SSSR count). The summed E-state index contributed by atoms with van der Waals surface area (Å²) in [6, 6.07) is 11.4. The van der Waals surface area contributed by atoms with Crippen LogP contribution in [0.4, 0.5) is 0 Å². The summed E-state index contributed by atoms with van der Waals surface area (Å²) in [6.07, 6.45) is 7.38. The van der Waals surface area contributed by atoms with Crippen LogP contribution in [0.1, 0.15) is 18.4 Å². The van der Waals surface area contributed by atoms with Crippen molar-refractivity contribution in [3.8, 4) is 12.3 Å². The lowest BCUT2D eigenvalue weighted by Crippen LogP contribution is -2.40. The zero-order chi connectivity index (χ0) is 25.4. The Morgan fingerprint density at radius 2 is 1.71 bits per heavy atom. The number of rotatable bonds is 5. The lowest BCUT2D eigenvalue weighted by molar-refractivity contribution is -0.122. The van der Waals surface area contributed by atoms with Crippen LogP contribution in [0.2, 0.25) is 0 Å². The van der Waals surface area contributed by atoms with E-state index in [1.807, 2.05) is 6.92 Å². The molecule has 1 saturated heterocycles. The first kappa shape index (κ1) is 25.3. The van der Waals surface area contributed by atoms with Gasteiger partial charge in [-0.15, -0.1) is 6.42 Å². The molecule has 1 aliphatic heterocycles. The fourth-order valence-electron chi connectivity index (χ4n) is 4.00. The maximum absolute atomic E-state index is 13.0. The van der Waals surface area contributed by atoms with Gasteiger partial charge in [0.1, 0.15) is 0 Å². The summed E-state index contributed by atoms with van der Waals surface area (Å²) in [5, 5.41) is 0. The quantitative estimate of drug-likeness (QED) is 0.471. The monoisotopic (exact) mass is 531 g/mol. The average molecular weight is 532 g/mol. The van der Waals surface area contributed by atoms with Crippen molar-refractivity contribution in [1.82, 2.24) is 8.87 Å². The van der Waals surface area contributed by atoms with Gasteiger partial charge in [-0.2, -0.15) is 9.30 Å². The van der Waals surface area contributed by atoms with Gasteiger partial charge in [-0.3, -0.25) is 4.79 Å². The van der Waals surface area contributed by atoms with E-state index in [1.54, 1.807) is 41.0 Å². The fourth-order valence-corrected chi connectivity index (χ4v) is 7.27. The van der Waals surface area contributed by atoms with E-state index >= 15 is 0 Å². The molecule has 0 bridgehead atoms. The van der Waals surface area contributed by atoms with Gasteiger partial charge >= 0.3 is 0 Å². The minimum absolute atomic E-state index is 0.178. The van der Waals surface area contributed by atoms with Crippen molar-refractivity contribution in [3.63, 3.8) is 0 Å². The van der Waals surface area contributed by atoms with E-state index < -0.39 is 25.8 Å². The van der Waals surface area contributed by atoms with E-state index in [-0.39, 0.29) is 35.3 Å². The summed E-state index contributed by atoms with van der Waals surface area (Å²) >= 11 is 1.20. The summed E-state index contributed by atoms with van der Waals surface area (Å²) in [5.74, 6) is 1.81. The Morgan fingerprint density at radius 1 is 1.09 bits per heavy atom. The second-order valence-corrected chi connectivity index (χ2v) is 13.5. The van der Waals surface area contributed by atoms with Gasteiger partial charge in [0.15, 0.2) is 14.6 Å². The SMILES string of the molecule is C#CCn1c(=NC(=O)C2CCN(S(=O)(=O)c3ccc(C)cc3)CC2)sc2cc(S(C)(=O)=O)ccc21. The zero-order valence-electron chi connectivity index (χ0n) is 19.3. The fraction of sp³-hybridized carbons (Fsp3) is 0.333. The van der Waals surface area contributed by atoms with Crippen LogP contribution in [0, 0.1) is 25.2 Å². The van der Waals surface area contributed by atoms with Crippen LogP contribution in [-0.2, 0) is 31.2 Å². The second-order valence-electron chi connectivity index (χ2n) is 8.52. The molecular formula is C24H25N3O5S3. The molecule has 0 saturated carbocycles. The molecule has 0 atom stereocenters. The topological polar surface area (TPSA) is 106 Å². The highest BCUT2D eigenvalue weighted by Gasteiger charge is 2.32. The summed E-state index contributed by atoms with van der Waals surface area (Å²) in [4.78, 5) is 18.1. The summed E-state index contributed by atoms with van der Waals surface area (Å²) < 4.78 is 53.5. The maximum Gasteiger partial charge on any atom is 0.251 e. The highest BCUT2D eigenvalue weighted by molar-refractivity contribution is 7.90. The van der Waals surface area contributed by atoms with Gasteiger partial charge in [-0.25, -0.2) is 16.8 Å². The van der Waals surface area contributed by atoms with E-state index in [0.717, 1.165) is 11.8 Å². The first-order valence-electron chi connectivity index (χ1n) is 10.9. The number of benzene rings is 2. The number of nitrogens with zero attached hydrogens (tertiary/aromatic N) is 3. The highest BCUT2D eigenvalue weighted by Crippen LogP contribution is 2.26. The molecule has 0 spiro atoms. The molecule has 184 valence electrons. The molecule has 0 radical (unpaired) electrons. The number of sulfonamides is 1. The van der Waals surface area contributed by atoms with Crippen molar-refractivity contribution < 1.29 is 21.6 Å². The minimum Gasteiger partial charge on any atom is -0.305 e. The molecule has 0 unspecified atom stereocenters. The molecule has 2 heterocycles. The third-order valence-corrected chi connectivity index (χ3v) is 10.1. The van der Waals surface area contributed by atoms with Gasteiger partial charge in [0, 0.05) is 25.3 Å². The zero-order valence-corrected chi connectivity index (χ0v) is 21.8. The predicted molar refractivity (Wildman–Crippen MR) is 135 cm³/mol. The number of carbonyl (C=O) groups excluding carboxylic acids is 1. The molecule has 8 nitrogen and oxygen atoms in total. The van der Waals surface area contributed by atoms with Gasteiger partial charge in [-0.05, 0) is 50.1 Å². The number of hydrogen-bond acceptors (Lipinski definition) is 6. The molecule has 11 heteroatoms. The number of sulfone groups is 1. The summed E-state index contributed by atoms with van der Waals surface area (Å²) in [6.45, 7) is 2.54. The Hall–Kier alpha value is -2.78. The van der Waals surface area contributed by atoms with Crippen molar-refractivity contribution in [2.45, 2.75) is 36.1 Å². The highest BCUT2D eigenvalue weighted by atomic mass is 32.2. The summed E-state index contributed by atoms with van der Waals surface area (Å²) in [5.41, 5.74) is 1.68. The van der Waals surface area contributed by atoms with E-state index in [0.29, 0.717) is 27.9 Å². The standard InChI is InChI=1S/C24H25N3O5S3/c1-4-13-27-21-10-9-20(34(3,29)30)16-22(21)33-24(27)25-23(28)18-11-14-26(15-12-18)35(31,32)19-7-5-17(2)6-8-19/h1,5-10,16,18H,11-15H2,2-3H3. The first-order chi connectivity index (χ1) is 16.5. The molecular weight excluding hydrogens is 506 g/mol. The van der Waals surface area contributed by atoms with Crippen LogP contribution < -0.4 is 4.80 Å². The van der Waals surface area contributed by atoms with E-state index in [4.69, 9.17) is 6.42 Å². The lowest BCUT2D eigenvalue weighted by atomic mass is 9.98. The van der Waals surface area contributed by atoms with Crippen LogP contribution in [0.15, 0.2) is 57.2 Å². The number of carbonyl (C=O) groups is 1. The Balaban J connectivity index is 1.57. The van der Waals surface area contributed by atoms with Crippen molar-refractivity contribution in [2.24, 2.45) is 10.9 Å². The Bertz CT molecular complexity index is 1600. The normalized spacial score (nSPS) is 16.4. The predicted octanol–water partition coefficient (Wildman–Crippen LogP) is 2.58. The molecule has 3 aromatic rings. The lowest BCUT2D eigenvalue weighted by Gasteiger charge is -2.29. The van der Waals surface area contributed by atoms with Crippen LogP contribution >= 0.6 is 11.3 Å². The number of piperidine rings is 1. The van der Waals surface area contributed by atoms with Gasteiger partial charge in [0.25, 0.3) is 5.91 Å². The Kier molecular flexibility index (Phi) is 7.02. The number of aryl methyl sites for hydroxylation is 1. The van der Waals surface area contributed by atoms with Crippen molar-refractivity contribution >= 4 is 47.3 Å². The largest absolute Gasteiger partial charge is 0.305 e. The van der Waals surface area contributed by atoms with E-state index in [9.17, 15) is 21.6 Å². The van der Waals surface area contributed by atoms with Crippen LogP contribution in [0.3, 0.4) is 0 Å². The van der Waals surface area contributed by atoms with Crippen molar-refractivity contribution in [3.05, 3.63) is 52.8 Å². The van der Waals surface area contributed by atoms with Gasteiger partial charge in [-0.1, -0.05) is 35.0 Å². The van der Waals surface area contributed by atoms with Crippen LogP contribution in [-0.4, -0.2) is 51.0 Å². The molecule has 0 N–H and O–H groups in total. The maximum atomic E-state index is 13.0. The van der Waals surface area contributed by atoms with Crippen LogP contribution in [0.25, 0.3) is 10.2 Å². The van der Waals surface area contributed by atoms with Crippen LogP contribution in [0.5, 0.6) is 0 Å². The molecule has 1 aliphatic rings. The van der Waals surface area contributed by atoms with Gasteiger partial charge < -0.3 is 4.57 Å². The number of fused-ring (bicyclic) bond motifs is 1. The van der Waals surface area contributed by atoms with E-state index in [1.165, 1.54) is 21.7 Å². The Morgan fingerprint density at radius 3 is 2.31 bits per heavy atom. The summed E-state index contributed by atoms with van der Waals surface area (Å²) in [7, 11) is -7.00. The third kappa shape index (κ3) is 5.26. The van der Waals surface area contributed by atoms with Gasteiger partial charge in [0.2, 0.25) is 10.0 Å². The van der Waals surface area contributed by atoms with Gasteiger partial charge in [0.05, 0.1) is 26.6 Å². The molecule has 1 fully saturated rings. The van der Waals surface area contributed by atoms with Crippen molar-refractivity contribution in [2.75, 3.05) is 19.3 Å². The number of terminal acetylenes is 1. The molecule has 1 aromatic heterocycles. The third-order valence-electron chi connectivity index (χ3n) is 6.00. The number of amides is 1. The molecule has 0 aliphatic carbocycles. The smallest absolute Gasteiger partial charge is 0.251 e. The molecule has 1 amide bonds. The number of thiazole rings is 1. The molecule has 2 aromatic carbocycles. The molecule has 35 heavy (non-hydrogen) atoms. The minimum atomic E-state index is -3.62.